The lowest BCUT2D eigenvalue weighted by Gasteiger charge is -2.01. The van der Waals surface area contributed by atoms with Crippen molar-refractivity contribution >= 4 is 12.0 Å². The van der Waals surface area contributed by atoms with Crippen LogP contribution >= 0.6 is 0 Å². The van der Waals surface area contributed by atoms with Crippen LogP contribution in [0, 0.1) is 0 Å². The zero-order valence-corrected chi connectivity index (χ0v) is 9.80. The van der Waals surface area contributed by atoms with Gasteiger partial charge in [-0.1, -0.05) is 42.5 Å². The van der Waals surface area contributed by atoms with Gasteiger partial charge in [0.1, 0.15) is 0 Å². The van der Waals surface area contributed by atoms with E-state index >= 15 is 0 Å². The molecule has 90 valence electrons. The standard InChI is InChI=1S/C14H16O3/c1-17-10-9-13(7-8-14(15)16)11-12-5-3-2-4-6-12/h2-8,11H,9-10H2,1H3,(H,15,16). The number of methoxy groups -OCH3 is 1. The third-order valence-corrected chi connectivity index (χ3v) is 2.19. The van der Waals surface area contributed by atoms with Gasteiger partial charge < -0.3 is 9.84 Å². The molecular weight excluding hydrogens is 216 g/mol. The lowest BCUT2D eigenvalue weighted by atomic mass is 10.1. The molecule has 3 nitrogen and oxygen atoms in total. The highest BCUT2D eigenvalue weighted by atomic mass is 16.5. The van der Waals surface area contributed by atoms with E-state index in [9.17, 15) is 4.79 Å². The Hall–Kier alpha value is -1.87. The van der Waals surface area contributed by atoms with Crippen LogP contribution in [0.15, 0.2) is 48.1 Å². The van der Waals surface area contributed by atoms with E-state index in [1.165, 1.54) is 0 Å². The molecule has 1 rings (SSSR count). The van der Waals surface area contributed by atoms with Gasteiger partial charge in [-0.3, -0.25) is 0 Å². The second-order valence-corrected chi connectivity index (χ2v) is 3.54. The number of hydrogen-bond acceptors (Lipinski definition) is 2. The first-order valence-electron chi connectivity index (χ1n) is 5.38. The number of rotatable bonds is 6. The second-order valence-electron chi connectivity index (χ2n) is 3.54. The molecule has 0 saturated heterocycles. The first-order chi connectivity index (χ1) is 8.22. The van der Waals surface area contributed by atoms with Crippen molar-refractivity contribution in [2.45, 2.75) is 6.42 Å². The summed E-state index contributed by atoms with van der Waals surface area (Å²) < 4.78 is 4.99. The number of ether oxygens (including phenoxy) is 1. The van der Waals surface area contributed by atoms with E-state index in [1.54, 1.807) is 13.2 Å². The van der Waals surface area contributed by atoms with Crippen molar-refractivity contribution in [1.29, 1.82) is 0 Å². The minimum atomic E-state index is -0.943. The molecule has 0 atom stereocenters. The van der Waals surface area contributed by atoms with Gasteiger partial charge in [0.05, 0.1) is 6.61 Å². The Morgan fingerprint density at radius 1 is 1.29 bits per heavy atom. The van der Waals surface area contributed by atoms with Crippen LogP contribution in [0.4, 0.5) is 0 Å². The van der Waals surface area contributed by atoms with E-state index in [-0.39, 0.29) is 0 Å². The third kappa shape index (κ3) is 5.68. The van der Waals surface area contributed by atoms with Crippen molar-refractivity contribution in [2.24, 2.45) is 0 Å². The first-order valence-corrected chi connectivity index (χ1v) is 5.38. The Morgan fingerprint density at radius 3 is 2.59 bits per heavy atom. The summed E-state index contributed by atoms with van der Waals surface area (Å²) in [4.78, 5) is 10.5. The molecule has 1 aromatic rings. The lowest BCUT2D eigenvalue weighted by molar-refractivity contribution is -0.131. The number of carbonyl (C=O) groups is 1. The van der Waals surface area contributed by atoms with Crippen molar-refractivity contribution in [1.82, 2.24) is 0 Å². The van der Waals surface area contributed by atoms with Crippen LogP contribution in [0.1, 0.15) is 12.0 Å². The van der Waals surface area contributed by atoms with Gasteiger partial charge in [-0.2, -0.15) is 0 Å². The highest BCUT2D eigenvalue weighted by Crippen LogP contribution is 2.11. The van der Waals surface area contributed by atoms with Crippen LogP contribution in [0.3, 0.4) is 0 Å². The fourth-order valence-corrected chi connectivity index (χ4v) is 1.37. The largest absolute Gasteiger partial charge is 0.478 e. The summed E-state index contributed by atoms with van der Waals surface area (Å²) in [6.07, 6.45) is 5.40. The molecule has 0 bridgehead atoms. The number of benzene rings is 1. The molecule has 1 N–H and O–H groups in total. The van der Waals surface area contributed by atoms with Crippen LogP contribution < -0.4 is 0 Å². The molecule has 0 aromatic heterocycles. The zero-order chi connectivity index (χ0) is 12.5. The molecule has 0 aliphatic heterocycles. The van der Waals surface area contributed by atoms with Crippen LogP contribution in [-0.4, -0.2) is 24.8 Å². The Kier molecular flexibility index (Phi) is 5.75. The summed E-state index contributed by atoms with van der Waals surface area (Å²) in [6, 6.07) is 9.78. The Bertz CT molecular complexity index is 405. The van der Waals surface area contributed by atoms with Crippen LogP contribution in [0.2, 0.25) is 0 Å². The van der Waals surface area contributed by atoms with Gasteiger partial charge in [0.2, 0.25) is 0 Å². The summed E-state index contributed by atoms with van der Waals surface area (Å²) in [7, 11) is 1.63. The monoisotopic (exact) mass is 232 g/mol. The highest BCUT2D eigenvalue weighted by Gasteiger charge is 1.96. The van der Waals surface area contributed by atoms with E-state index in [4.69, 9.17) is 9.84 Å². The molecule has 3 heteroatoms. The van der Waals surface area contributed by atoms with Crippen molar-refractivity contribution in [2.75, 3.05) is 13.7 Å². The summed E-state index contributed by atoms with van der Waals surface area (Å²) in [5.41, 5.74) is 1.98. The van der Waals surface area contributed by atoms with Gasteiger partial charge in [-0.05, 0) is 17.6 Å². The Labute approximate surface area is 101 Å². The molecule has 0 aliphatic carbocycles. The fourth-order valence-electron chi connectivity index (χ4n) is 1.37. The molecular formula is C14H16O3. The molecule has 0 amide bonds. The molecule has 0 fully saturated rings. The number of carboxylic acids is 1. The van der Waals surface area contributed by atoms with Crippen molar-refractivity contribution < 1.29 is 14.6 Å². The van der Waals surface area contributed by atoms with Crippen molar-refractivity contribution in [3.05, 3.63) is 53.6 Å². The Morgan fingerprint density at radius 2 is 2.00 bits per heavy atom. The van der Waals surface area contributed by atoms with Gasteiger partial charge in [0.15, 0.2) is 0 Å². The summed E-state index contributed by atoms with van der Waals surface area (Å²) in [6.45, 7) is 0.572. The summed E-state index contributed by atoms with van der Waals surface area (Å²) in [5, 5.41) is 8.61. The van der Waals surface area contributed by atoms with Crippen LogP contribution in [0.5, 0.6) is 0 Å². The molecule has 1 aromatic carbocycles. The maximum atomic E-state index is 10.5. The molecule has 0 heterocycles. The first kappa shape index (κ1) is 13.2. The van der Waals surface area contributed by atoms with E-state index in [0.29, 0.717) is 13.0 Å². The molecule has 0 aliphatic rings. The number of allylic oxidation sites excluding steroid dienone is 1. The predicted molar refractivity (Wildman–Crippen MR) is 67.7 cm³/mol. The predicted octanol–water partition coefficient (Wildman–Crippen LogP) is 2.75. The number of carboxylic acid groups (broad SMARTS) is 1. The Balaban J connectivity index is 2.81. The number of hydrogen-bond donors (Lipinski definition) is 1. The van der Waals surface area contributed by atoms with Crippen molar-refractivity contribution in [3.63, 3.8) is 0 Å². The normalized spacial score (nSPS) is 11.9. The molecule has 0 radical (unpaired) electrons. The average Bonchev–Trinajstić information content (AvgIpc) is 2.34. The van der Waals surface area contributed by atoms with E-state index in [0.717, 1.165) is 17.2 Å². The van der Waals surface area contributed by atoms with E-state index < -0.39 is 5.97 Å². The quantitative estimate of drug-likeness (QED) is 0.606. The topological polar surface area (TPSA) is 46.5 Å². The molecule has 0 saturated carbocycles. The third-order valence-electron chi connectivity index (χ3n) is 2.19. The summed E-state index contributed by atoms with van der Waals surface area (Å²) >= 11 is 0. The molecule has 0 spiro atoms. The summed E-state index contributed by atoms with van der Waals surface area (Å²) in [5.74, 6) is -0.943. The van der Waals surface area contributed by atoms with Gasteiger partial charge in [0, 0.05) is 13.2 Å². The zero-order valence-electron chi connectivity index (χ0n) is 9.80. The minimum absolute atomic E-state index is 0.572. The SMILES string of the molecule is COCCC(C=CC(=O)O)=Cc1ccccc1. The van der Waals surface area contributed by atoms with E-state index in [1.807, 2.05) is 36.4 Å². The molecule has 0 unspecified atom stereocenters. The van der Waals surface area contributed by atoms with E-state index in [2.05, 4.69) is 0 Å². The van der Waals surface area contributed by atoms with Gasteiger partial charge >= 0.3 is 5.97 Å². The minimum Gasteiger partial charge on any atom is -0.478 e. The van der Waals surface area contributed by atoms with Crippen LogP contribution in [0.25, 0.3) is 6.08 Å². The maximum Gasteiger partial charge on any atom is 0.328 e. The van der Waals surface area contributed by atoms with Crippen molar-refractivity contribution in [3.8, 4) is 0 Å². The average molecular weight is 232 g/mol. The lowest BCUT2D eigenvalue weighted by Crippen LogP contribution is -1.92. The maximum absolute atomic E-state index is 10.5. The van der Waals surface area contributed by atoms with Gasteiger partial charge in [0.25, 0.3) is 0 Å². The van der Waals surface area contributed by atoms with Gasteiger partial charge in [-0.25, -0.2) is 4.79 Å². The highest BCUT2D eigenvalue weighted by molar-refractivity contribution is 5.80. The van der Waals surface area contributed by atoms with Gasteiger partial charge in [-0.15, -0.1) is 0 Å². The smallest absolute Gasteiger partial charge is 0.328 e. The second kappa shape index (κ2) is 7.41. The van der Waals surface area contributed by atoms with Crippen LogP contribution in [-0.2, 0) is 9.53 Å². The fraction of sp³-hybridized carbons (Fsp3) is 0.214. The number of aliphatic carboxylic acids is 1. The molecule has 17 heavy (non-hydrogen) atoms.